The van der Waals surface area contributed by atoms with E-state index in [9.17, 15) is 9.59 Å². The molecule has 0 fully saturated rings. The summed E-state index contributed by atoms with van der Waals surface area (Å²) in [7, 11) is 0. The molecule has 3 aromatic rings. The van der Waals surface area contributed by atoms with Crippen LogP contribution in [0.15, 0.2) is 71.2 Å². The number of amides is 2. The molecule has 0 heterocycles. The highest BCUT2D eigenvalue weighted by Crippen LogP contribution is 2.27. The van der Waals surface area contributed by atoms with Gasteiger partial charge in [-0.25, -0.2) is 0 Å². The lowest BCUT2D eigenvalue weighted by Gasteiger charge is -2.11. The van der Waals surface area contributed by atoms with Crippen molar-refractivity contribution in [3.05, 3.63) is 92.4 Å². The summed E-state index contributed by atoms with van der Waals surface area (Å²) in [6.45, 7) is 0. The lowest BCUT2D eigenvalue weighted by Crippen LogP contribution is -2.14. The Labute approximate surface area is 174 Å². The van der Waals surface area contributed by atoms with Crippen molar-refractivity contribution >= 4 is 62.3 Å². The van der Waals surface area contributed by atoms with Gasteiger partial charge in [0.25, 0.3) is 11.8 Å². The van der Waals surface area contributed by atoms with Crippen LogP contribution in [0, 0.1) is 0 Å². The number of carbonyl (C=O) groups excluding carboxylic acids is 2. The van der Waals surface area contributed by atoms with Crippen LogP contribution in [-0.4, -0.2) is 11.8 Å². The second-order valence-electron chi connectivity index (χ2n) is 5.59. The molecule has 0 aliphatic heterocycles. The minimum Gasteiger partial charge on any atom is -0.322 e. The van der Waals surface area contributed by atoms with Crippen molar-refractivity contribution in [2.75, 3.05) is 10.6 Å². The maximum absolute atomic E-state index is 12.4. The topological polar surface area (TPSA) is 58.2 Å². The molecule has 0 atom stereocenters. The Morgan fingerprint density at radius 3 is 2.22 bits per heavy atom. The molecule has 3 aromatic carbocycles. The average Bonchev–Trinajstić information content (AvgIpc) is 2.66. The van der Waals surface area contributed by atoms with Crippen LogP contribution in [-0.2, 0) is 0 Å². The predicted molar refractivity (Wildman–Crippen MR) is 113 cm³/mol. The van der Waals surface area contributed by atoms with Gasteiger partial charge in [-0.1, -0.05) is 57.3 Å². The Kier molecular flexibility index (Phi) is 6.16. The maximum Gasteiger partial charge on any atom is 0.257 e. The first-order valence-electron chi connectivity index (χ1n) is 7.86. The smallest absolute Gasteiger partial charge is 0.257 e. The van der Waals surface area contributed by atoms with Crippen molar-refractivity contribution in [1.82, 2.24) is 0 Å². The second kappa shape index (κ2) is 8.57. The zero-order valence-corrected chi connectivity index (χ0v) is 16.9. The molecule has 136 valence electrons. The van der Waals surface area contributed by atoms with E-state index in [2.05, 4.69) is 26.6 Å². The number of carbonyl (C=O) groups is 2. The summed E-state index contributed by atoms with van der Waals surface area (Å²) in [4.78, 5) is 24.6. The highest BCUT2D eigenvalue weighted by Gasteiger charge is 2.13. The van der Waals surface area contributed by atoms with Gasteiger partial charge in [-0.3, -0.25) is 9.59 Å². The Balaban J connectivity index is 1.74. The second-order valence-corrected chi connectivity index (χ2v) is 7.32. The Bertz CT molecular complexity index is 1010. The van der Waals surface area contributed by atoms with Crippen LogP contribution in [0.5, 0.6) is 0 Å². The van der Waals surface area contributed by atoms with Crippen LogP contribution in [0.1, 0.15) is 20.7 Å². The fraction of sp³-hybridized carbons (Fsp3) is 0. The number of rotatable bonds is 4. The maximum atomic E-state index is 12.4. The summed E-state index contributed by atoms with van der Waals surface area (Å²) in [5.74, 6) is -0.631. The van der Waals surface area contributed by atoms with E-state index in [1.807, 2.05) is 6.07 Å². The number of nitrogens with one attached hydrogen (secondary N) is 2. The van der Waals surface area contributed by atoms with E-state index in [1.54, 1.807) is 60.7 Å². The summed E-state index contributed by atoms with van der Waals surface area (Å²) < 4.78 is 0.744. The fourth-order valence-corrected chi connectivity index (χ4v) is 3.14. The zero-order chi connectivity index (χ0) is 19.4. The molecular weight excluding hydrogens is 451 g/mol. The third-order valence-corrected chi connectivity index (χ3v) is 4.82. The minimum atomic E-state index is -0.363. The molecule has 27 heavy (non-hydrogen) atoms. The summed E-state index contributed by atoms with van der Waals surface area (Å²) in [5.41, 5.74) is 1.79. The molecule has 0 spiro atoms. The fourth-order valence-electron chi connectivity index (χ4n) is 2.35. The number of hydrogen-bond acceptors (Lipinski definition) is 2. The van der Waals surface area contributed by atoms with Gasteiger partial charge in [0.1, 0.15) is 0 Å². The van der Waals surface area contributed by atoms with Gasteiger partial charge >= 0.3 is 0 Å². The number of hydrogen-bond donors (Lipinski definition) is 2. The monoisotopic (exact) mass is 462 g/mol. The first-order chi connectivity index (χ1) is 12.9. The molecule has 0 bridgehead atoms. The molecule has 0 saturated carbocycles. The van der Waals surface area contributed by atoms with Gasteiger partial charge in [0.05, 0.1) is 21.3 Å². The van der Waals surface area contributed by atoms with E-state index in [0.717, 1.165) is 4.47 Å². The number of halogens is 3. The van der Waals surface area contributed by atoms with E-state index in [4.69, 9.17) is 23.2 Å². The molecule has 0 aliphatic carbocycles. The Morgan fingerprint density at radius 2 is 1.52 bits per heavy atom. The van der Waals surface area contributed by atoms with Gasteiger partial charge in [-0.15, -0.1) is 0 Å². The van der Waals surface area contributed by atoms with E-state index >= 15 is 0 Å². The summed E-state index contributed by atoms with van der Waals surface area (Å²) >= 11 is 15.6. The third kappa shape index (κ3) is 4.89. The van der Waals surface area contributed by atoms with Gasteiger partial charge in [0.2, 0.25) is 0 Å². The molecule has 7 heteroatoms. The Morgan fingerprint density at radius 1 is 0.778 bits per heavy atom. The molecule has 0 aliphatic rings. The number of anilines is 2. The molecule has 2 N–H and O–H groups in total. The van der Waals surface area contributed by atoms with Gasteiger partial charge in [0.15, 0.2) is 0 Å². The van der Waals surface area contributed by atoms with E-state index < -0.39 is 0 Å². The lowest BCUT2D eigenvalue weighted by molar-refractivity contribution is 0.101. The SMILES string of the molecule is O=C(Nc1ccc(NC(=O)c2cc(Br)ccc2Cl)cc1Cl)c1ccccc1. The third-order valence-electron chi connectivity index (χ3n) is 3.68. The van der Waals surface area contributed by atoms with Crippen molar-refractivity contribution in [2.24, 2.45) is 0 Å². The number of benzene rings is 3. The van der Waals surface area contributed by atoms with Crippen LogP contribution in [0.4, 0.5) is 11.4 Å². The normalized spacial score (nSPS) is 10.3. The van der Waals surface area contributed by atoms with Crippen molar-refractivity contribution in [3.63, 3.8) is 0 Å². The molecule has 4 nitrogen and oxygen atoms in total. The van der Waals surface area contributed by atoms with Crippen molar-refractivity contribution in [1.29, 1.82) is 0 Å². The molecule has 0 unspecified atom stereocenters. The van der Waals surface area contributed by atoms with Crippen LogP contribution >= 0.6 is 39.1 Å². The minimum absolute atomic E-state index is 0.268. The first-order valence-corrected chi connectivity index (χ1v) is 9.41. The van der Waals surface area contributed by atoms with Gasteiger partial charge in [-0.05, 0) is 48.5 Å². The molecule has 2 amide bonds. The highest BCUT2D eigenvalue weighted by molar-refractivity contribution is 9.10. The highest BCUT2D eigenvalue weighted by atomic mass is 79.9. The van der Waals surface area contributed by atoms with Crippen LogP contribution in [0.2, 0.25) is 10.0 Å². The molecule has 0 aromatic heterocycles. The largest absolute Gasteiger partial charge is 0.322 e. The van der Waals surface area contributed by atoms with Crippen molar-refractivity contribution in [3.8, 4) is 0 Å². The van der Waals surface area contributed by atoms with Crippen molar-refractivity contribution < 1.29 is 9.59 Å². The summed E-state index contributed by atoms with van der Waals surface area (Å²) in [5, 5.41) is 6.13. The molecule has 3 rings (SSSR count). The quantitative estimate of drug-likeness (QED) is 0.479. The van der Waals surface area contributed by atoms with Gasteiger partial charge in [-0.2, -0.15) is 0 Å². The molecule has 0 saturated heterocycles. The van der Waals surface area contributed by atoms with Gasteiger partial charge in [0, 0.05) is 15.7 Å². The lowest BCUT2D eigenvalue weighted by atomic mass is 10.2. The van der Waals surface area contributed by atoms with Crippen LogP contribution in [0.3, 0.4) is 0 Å². The van der Waals surface area contributed by atoms with Crippen LogP contribution < -0.4 is 10.6 Å². The average molecular weight is 464 g/mol. The van der Waals surface area contributed by atoms with E-state index in [1.165, 1.54) is 0 Å². The summed E-state index contributed by atoms with van der Waals surface area (Å²) in [6.07, 6.45) is 0. The summed E-state index contributed by atoms with van der Waals surface area (Å²) in [6, 6.07) is 18.7. The van der Waals surface area contributed by atoms with E-state index in [0.29, 0.717) is 32.5 Å². The molecule has 0 radical (unpaired) electrons. The zero-order valence-electron chi connectivity index (χ0n) is 13.8. The van der Waals surface area contributed by atoms with Crippen LogP contribution in [0.25, 0.3) is 0 Å². The predicted octanol–water partition coefficient (Wildman–Crippen LogP) is 6.26. The first kappa shape index (κ1) is 19.4. The molecular formula is C20H13BrCl2N2O2. The van der Waals surface area contributed by atoms with Crippen molar-refractivity contribution in [2.45, 2.75) is 0 Å². The standard InChI is InChI=1S/C20H13BrCl2N2O2/c21-13-6-8-16(22)15(10-13)20(27)24-14-7-9-18(17(23)11-14)25-19(26)12-4-2-1-3-5-12/h1-11H,(H,24,27)(H,25,26). The van der Waals surface area contributed by atoms with Gasteiger partial charge < -0.3 is 10.6 Å². The van der Waals surface area contributed by atoms with E-state index in [-0.39, 0.29) is 11.8 Å². The Hall–Kier alpha value is -2.34.